The third-order valence-corrected chi connectivity index (χ3v) is 3.91. The Balaban J connectivity index is 2.85. The molecule has 1 aromatic carbocycles. The molecule has 1 aromatic heterocycles. The summed E-state index contributed by atoms with van der Waals surface area (Å²) < 4.78 is 23.3. The van der Waals surface area contributed by atoms with E-state index in [1.54, 1.807) is 19.9 Å². The van der Waals surface area contributed by atoms with E-state index in [1.807, 2.05) is 0 Å². The second-order valence-corrected chi connectivity index (χ2v) is 7.26. The van der Waals surface area contributed by atoms with Crippen LogP contribution in [0.5, 0.6) is 0 Å². The largest absolute Gasteiger partial charge is 0.389 e. The number of H-pyrrole nitrogens is 1. The number of aromatic nitrogens is 2. The van der Waals surface area contributed by atoms with Gasteiger partial charge in [0.1, 0.15) is 5.88 Å². The first kappa shape index (κ1) is 15.5. The van der Waals surface area contributed by atoms with E-state index in [1.165, 1.54) is 6.07 Å². The van der Waals surface area contributed by atoms with Gasteiger partial charge in [-0.15, -0.1) is 0 Å². The number of rotatable bonds is 3. The normalized spacial score (nSPS) is 13.5. The molecule has 1 heterocycles. The van der Waals surface area contributed by atoms with E-state index in [9.17, 15) is 23.1 Å². The molecule has 7 nitrogen and oxygen atoms in total. The van der Waals surface area contributed by atoms with Crippen molar-refractivity contribution in [2.75, 3.05) is 6.26 Å². The molecule has 0 bridgehead atoms. The van der Waals surface area contributed by atoms with Gasteiger partial charge in [-0.3, -0.25) is 4.79 Å². The molecule has 0 aliphatic heterocycles. The van der Waals surface area contributed by atoms with E-state index in [4.69, 9.17) is 0 Å². The van der Waals surface area contributed by atoms with Crippen molar-refractivity contribution in [3.8, 4) is 0 Å². The molecule has 21 heavy (non-hydrogen) atoms. The second-order valence-electron chi connectivity index (χ2n) is 5.15. The first-order valence-electron chi connectivity index (χ1n) is 6.23. The predicted octanol–water partition coefficient (Wildman–Crippen LogP) is 0.0536. The number of sulfone groups is 1. The predicted molar refractivity (Wildman–Crippen MR) is 79.0 cm³/mol. The molecule has 0 aliphatic rings. The van der Waals surface area contributed by atoms with Crippen LogP contribution in [0, 0.1) is 6.92 Å². The molecule has 2 rings (SSSR count). The third-order valence-electron chi connectivity index (χ3n) is 3.18. The molecule has 114 valence electrons. The lowest BCUT2D eigenvalue weighted by atomic mass is 10.0. The van der Waals surface area contributed by atoms with Crippen LogP contribution in [-0.2, 0) is 15.7 Å². The lowest BCUT2D eigenvalue weighted by Crippen LogP contribution is -2.37. The van der Waals surface area contributed by atoms with Gasteiger partial charge in [-0.1, -0.05) is 0 Å². The maximum Gasteiger partial charge on any atom is 0.329 e. The molecule has 2 aromatic rings. The number of aromatic amines is 1. The van der Waals surface area contributed by atoms with Crippen LogP contribution in [0.4, 0.5) is 0 Å². The van der Waals surface area contributed by atoms with Crippen molar-refractivity contribution in [3.63, 3.8) is 0 Å². The van der Waals surface area contributed by atoms with Crippen molar-refractivity contribution >= 4 is 20.7 Å². The van der Waals surface area contributed by atoms with Crippen molar-refractivity contribution in [3.05, 3.63) is 44.1 Å². The molecular weight excluding hydrogens is 296 g/mol. The summed E-state index contributed by atoms with van der Waals surface area (Å²) in [5, 5.41) is 9.86. The molecule has 0 amide bonds. The molecule has 0 saturated heterocycles. The topological polar surface area (TPSA) is 109 Å². The quantitative estimate of drug-likeness (QED) is 0.832. The van der Waals surface area contributed by atoms with E-state index in [0.29, 0.717) is 15.6 Å². The number of aliphatic hydroxyl groups is 1. The van der Waals surface area contributed by atoms with Gasteiger partial charge in [-0.05, 0) is 37.1 Å². The van der Waals surface area contributed by atoms with Crippen molar-refractivity contribution in [2.24, 2.45) is 0 Å². The van der Waals surface area contributed by atoms with Gasteiger partial charge >= 0.3 is 5.69 Å². The zero-order valence-corrected chi connectivity index (χ0v) is 12.7. The van der Waals surface area contributed by atoms with E-state index in [-0.39, 0.29) is 5.39 Å². The Bertz CT molecular complexity index is 922. The fourth-order valence-corrected chi connectivity index (χ4v) is 2.93. The molecule has 0 aliphatic carbocycles. The van der Waals surface area contributed by atoms with Gasteiger partial charge in [0.25, 0.3) is 5.56 Å². The second kappa shape index (κ2) is 5.12. The standard InChI is InChI=1S/C13H16N2O5S/c1-7-4-11-10(5-9(7)8(2)16)12(17)15(13(18)14-11)6-21(3,19)20/h4-5,8,16H,6H2,1-3H3,(H,14,18). The van der Waals surface area contributed by atoms with Crippen LogP contribution in [0.1, 0.15) is 24.2 Å². The number of aryl methyl sites for hydroxylation is 1. The molecule has 1 atom stereocenters. The molecule has 0 radical (unpaired) electrons. The summed E-state index contributed by atoms with van der Waals surface area (Å²) in [5.74, 6) is -0.686. The Hall–Kier alpha value is -1.93. The number of hydrogen-bond donors (Lipinski definition) is 2. The van der Waals surface area contributed by atoms with Gasteiger partial charge in [0.05, 0.1) is 17.0 Å². The number of benzene rings is 1. The lowest BCUT2D eigenvalue weighted by Gasteiger charge is -2.11. The minimum atomic E-state index is -3.53. The van der Waals surface area contributed by atoms with Crippen LogP contribution in [0.2, 0.25) is 0 Å². The Kier molecular flexibility index (Phi) is 3.77. The average molecular weight is 312 g/mol. The third kappa shape index (κ3) is 3.06. The van der Waals surface area contributed by atoms with Gasteiger partial charge in [0.15, 0.2) is 9.84 Å². The van der Waals surface area contributed by atoms with Gasteiger partial charge in [0.2, 0.25) is 0 Å². The molecule has 0 fully saturated rings. The van der Waals surface area contributed by atoms with Gasteiger partial charge in [-0.2, -0.15) is 0 Å². The van der Waals surface area contributed by atoms with Crippen LogP contribution in [0.25, 0.3) is 10.9 Å². The summed E-state index contributed by atoms with van der Waals surface area (Å²) >= 11 is 0. The van der Waals surface area contributed by atoms with Crippen LogP contribution < -0.4 is 11.2 Å². The first-order valence-corrected chi connectivity index (χ1v) is 8.29. The minimum absolute atomic E-state index is 0.166. The number of aliphatic hydroxyl groups excluding tert-OH is 1. The monoisotopic (exact) mass is 312 g/mol. The molecule has 0 saturated carbocycles. The molecule has 2 N–H and O–H groups in total. The van der Waals surface area contributed by atoms with Crippen molar-refractivity contribution in [2.45, 2.75) is 25.8 Å². The molecule has 1 unspecified atom stereocenters. The smallest absolute Gasteiger partial charge is 0.329 e. The van der Waals surface area contributed by atoms with Crippen molar-refractivity contribution in [1.82, 2.24) is 9.55 Å². The number of nitrogens with zero attached hydrogens (tertiary/aromatic N) is 1. The summed E-state index contributed by atoms with van der Waals surface area (Å²) in [4.78, 5) is 26.7. The highest BCUT2D eigenvalue weighted by Gasteiger charge is 2.15. The number of hydrogen-bond acceptors (Lipinski definition) is 5. The summed E-state index contributed by atoms with van der Waals surface area (Å²) in [6.07, 6.45) is 0.170. The van der Waals surface area contributed by atoms with E-state index >= 15 is 0 Å². The summed E-state index contributed by atoms with van der Waals surface area (Å²) in [6, 6.07) is 3.07. The van der Waals surface area contributed by atoms with Gasteiger partial charge in [-0.25, -0.2) is 17.8 Å². The summed E-state index contributed by atoms with van der Waals surface area (Å²) in [5.41, 5.74) is 0.130. The van der Waals surface area contributed by atoms with Crippen LogP contribution in [-0.4, -0.2) is 29.3 Å². The average Bonchev–Trinajstić information content (AvgIpc) is 2.32. The number of nitrogens with one attached hydrogen (secondary N) is 1. The van der Waals surface area contributed by atoms with E-state index < -0.39 is 33.1 Å². The molecular formula is C13H16N2O5S. The Morgan fingerprint density at radius 3 is 2.48 bits per heavy atom. The fraction of sp³-hybridized carbons (Fsp3) is 0.385. The van der Waals surface area contributed by atoms with Crippen LogP contribution in [0.15, 0.2) is 21.7 Å². The van der Waals surface area contributed by atoms with Crippen molar-refractivity contribution < 1.29 is 13.5 Å². The van der Waals surface area contributed by atoms with E-state index in [0.717, 1.165) is 11.8 Å². The Labute approximate surface area is 120 Å². The Morgan fingerprint density at radius 2 is 1.95 bits per heavy atom. The lowest BCUT2D eigenvalue weighted by molar-refractivity contribution is 0.198. The number of fused-ring (bicyclic) bond motifs is 1. The van der Waals surface area contributed by atoms with Gasteiger partial charge < -0.3 is 10.1 Å². The maximum absolute atomic E-state index is 12.3. The summed E-state index contributed by atoms with van der Waals surface area (Å²) in [6.45, 7) is 3.32. The van der Waals surface area contributed by atoms with E-state index in [2.05, 4.69) is 4.98 Å². The zero-order valence-electron chi connectivity index (χ0n) is 11.9. The fourth-order valence-electron chi connectivity index (χ4n) is 2.23. The minimum Gasteiger partial charge on any atom is -0.389 e. The first-order chi connectivity index (χ1) is 9.60. The highest BCUT2D eigenvalue weighted by molar-refractivity contribution is 7.89. The van der Waals surface area contributed by atoms with Gasteiger partial charge in [0, 0.05) is 6.26 Å². The maximum atomic E-state index is 12.3. The highest BCUT2D eigenvalue weighted by Crippen LogP contribution is 2.20. The Morgan fingerprint density at radius 1 is 1.33 bits per heavy atom. The zero-order chi connectivity index (χ0) is 15.9. The van der Waals surface area contributed by atoms with Crippen LogP contribution >= 0.6 is 0 Å². The van der Waals surface area contributed by atoms with Crippen molar-refractivity contribution in [1.29, 1.82) is 0 Å². The molecule has 0 spiro atoms. The SMILES string of the molecule is Cc1cc2[nH]c(=O)n(CS(C)(=O)=O)c(=O)c2cc1C(C)O. The van der Waals surface area contributed by atoms with Crippen LogP contribution in [0.3, 0.4) is 0 Å². The molecule has 8 heteroatoms. The highest BCUT2D eigenvalue weighted by atomic mass is 32.2. The summed E-state index contributed by atoms with van der Waals surface area (Å²) in [7, 11) is -3.53.